The van der Waals surface area contributed by atoms with Crippen molar-refractivity contribution in [3.63, 3.8) is 0 Å². The molecule has 9 nitrogen and oxygen atoms in total. The molecule has 1 saturated heterocycles. The number of morpholine rings is 1. The van der Waals surface area contributed by atoms with Gasteiger partial charge in [0.15, 0.2) is 0 Å². The third-order valence-electron chi connectivity index (χ3n) is 3.19. The maximum Gasteiger partial charge on any atom is 0.292 e. The van der Waals surface area contributed by atoms with Gasteiger partial charge in [-0.3, -0.25) is 10.1 Å². The zero-order chi connectivity index (χ0) is 15.6. The average molecular weight is 317 g/mol. The Morgan fingerprint density at radius 2 is 2.24 bits per heavy atom. The Morgan fingerprint density at radius 3 is 2.81 bits per heavy atom. The number of aliphatic hydroxyl groups is 1. The van der Waals surface area contributed by atoms with E-state index in [1.54, 1.807) is 0 Å². The van der Waals surface area contributed by atoms with Crippen LogP contribution in [0, 0.1) is 10.1 Å². The molecule has 1 aromatic rings. The lowest BCUT2D eigenvalue weighted by molar-refractivity contribution is -0.383. The van der Waals surface area contributed by atoms with Gasteiger partial charge in [0.2, 0.25) is 10.0 Å². The second-order valence-corrected chi connectivity index (χ2v) is 6.40. The van der Waals surface area contributed by atoms with Crippen LogP contribution in [-0.2, 0) is 14.8 Å². The number of sulfonamides is 1. The Morgan fingerprint density at radius 1 is 1.52 bits per heavy atom. The third kappa shape index (κ3) is 2.97. The fourth-order valence-corrected chi connectivity index (χ4v) is 3.72. The molecule has 21 heavy (non-hydrogen) atoms. The molecule has 1 unspecified atom stereocenters. The zero-order valence-electron chi connectivity index (χ0n) is 11.0. The summed E-state index contributed by atoms with van der Waals surface area (Å²) in [5, 5.41) is 19.9. The normalized spacial score (nSPS) is 20.3. The quantitative estimate of drug-likeness (QED) is 0.436. The molecule has 1 atom stereocenters. The van der Waals surface area contributed by atoms with E-state index in [4.69, 9.17) is 10.5 Å². The lowest BCUT2D eigenvalue weighted by Crippen LogP contribution is -2.50. The number of nitro groups is 1. The first kappa shape index (κ1) is 15.6. The number of nitrogen functional groups attached to an aromatic ring is 1. The number of nitrogens with zero attached hydrogens (tertiary/aromatic N) is 2. The molecule has 0 saturated carbocycles. The molecule has 0 amide bonds. The Bertz CT molecular complexity index is 647. The number of hydrogen-bond donors (Lipinski definition) is 2. The summed E-state index contributed by atoms with van der Waals surface area (Å²) >= 11 is 0. The molecular weight excluding hydrogens is 302 g/mol. The fourth-order valence-electron chi connectivity index (χ4n) is 2.09. The summed E-state index contributed by atoms with van der Waals surface area (Å²) in [6.45, 7) is 0.0442. The number of nitro benzene ring substituents is 1. The molecule has 1 fully saturated rings. The highest BCUT2D eigenvalue weighted by atomic mass is 32.2. The van der Waals surface area contributed by atoms with E-state index in [1.807, 2.05) is 0 Å². The number of hydrogen-bond acceptors (Lipinski definition) is 7. The van der Waals surface area contributed by atoms with Gasteiger partial charge in [-0.15, -0.1) is 0 Å². The Balaban J connectivity index is 2.39. The van der Waals surface area contributed by atoms with Gasteiger partial charge in [0.05, 0.1) is 35.7 Å². The monoisotopic (exact) mass is 317 g/mol. The molecule has 3 N–H and O–H groups in total. The maximum atomic E-state index is 12.5. The lowest BCUT2D eigenvalue weighted by Gasteiger charge is -2.33. The minimum atomic E-state index is -3.90. The van der Waals surface area contributed by atoms with Crippen LogP contribution in [-0.4, -0.2) is 55.2 Å². The molecule has 0 radical (unpaired) electrons. The van der Waals surface area contributed by atoms with Crippen molar-refractivity contribution in [1.82, 2.24) is 4.31 Å². The van der Waals surface area contributed by atoms with Crippen molar-refractivity contribution in [3.05, 3.63) is 28.3 Å². The second-order valence-electron chi connectivity index (χ2n) is 4.50. The van der Waals surface area contributed by atoms with E-state index in [1.165, 1.54) is 0 Å². The number of nitrogens with two attached hydrogens (primary N) is 1. The molecule has 116 valence electrons. The van der Waals surface area contributed by atoms with Crippen molar-refractivity contribution in [1.29, 1.82) is 0 Å². The Kier molecular flexibility index (Phi) is 4.42. The molecule has 0 bridgehead atoms. The molecule has 1 aromatic carbocycles. The number of rotatable bonds is 4. The van der Waals surface area contributed by atoms with Crippen LogP contribution in [0.1, 0.15) is 0 Å². The summed E-state index contributed by atoms with van der Waals surface area (Å²) in [5.41, 5.74) is 4.94. The van der Waals surface area contributed by atoms with Crippen LogP contribution in [0.2, 0.25) is 0 Å². The molecule has 1 heterocycles. The molecule has 1 aliphatic heterocycles. The summed E-state index contributed by atoms with van der Waals surface area (Å²) in [7, 11) is -3.90. The van der Waals surface area contributed by atoms with E-state index >= 15 is 0 Å². The van der Waals surface area contributed by atoms with Crippen LogP contribution in [0.5, 0.6) is 0 Å². The largest absolute Gasteiger partial charge is 0.395 e. The van der Waals surface area contributed by atoms with E-state index in [0.717, 1.165) is 22.5 Å². The standard InChI is InChI=1S/C11H15N3O6S/c12-10-5-9(1-2-11(10)14(16)17)21(18,19)13-3-4-20-7-8(13)6-15/h1-2,5,8,15H,3-4,6-7,12H2. The summed E-state index contributed by atoms with van der Waals surface area (Å²) in [5.74, 6) is 0. The predicted octanol–water partition coefficient (Wildman–Crippen LogP) is -0.441. The van der Waals surface area contributed by atoms with Gasteiger partial charge < -0.3 is 15.6 Å². The summed E-state index contributed by atoms with van der Waals surface area (Å²) in [4.78, 5) is 9.87. The van der Waals surface area contributed by atoms with Gasteiger partial charge in [-0.2, -0.15) is 4.31 Å². The van der Waals surface area contributed by atoms with Gasteiger partial charge in [-0.1, -0.05) is 0 Å². The van der Waals surface area contributed by atoms with E-state index in [9.17, 15) is 23.6 Å². The first-order valence-electron chi connectivity index (χ1n) is 6.12. The molecule has 1 aliphatic rings. The van der Waals surface area contributed by atoms with Crippen molar-refractivity contribution in [3.8, 4) is 0 Å². The van der Waals surface area contributed by atoms with Crippen LogP contribution in [0.15, 0.2) is 23.1 Å². The Labute approximate surface area is 121 Å². The van der Waals surface area contributed by atoms with Gasteiger partial charge in [0.1, 0.15) is 5.69 Å². The van der Waals surface area contributed by atoms with Crippen LogP contribution in [0.3, 0.4) is 0 Å². The third-order valence-corrected chi connectivity index (χ3v) is 5.13. The maximum absolute atomic E-state index is 12.5. The van der Waals surface area contributed by atoms with Gasteiger partial charge in [-0.05, 0) is 12.1 Å². The van der Waals surface area contributed by atoms with Crippen LogP contribution in [0.4, 0.5) is 11.4 Å². The van der Waals surface area contributed by atoms with Gasteiger partial charge in [0.25, 0.3) is 5.69 Å². The summed E-state index contributed by atoms with van der Waals surface area (Å²) in [6.07, 6.45) is 0. The molecular formula is C11H15N3O6S. The predicted molar refractivity (Wildman–Crippen MR) is 73.1 cm³/mol. The highest BCUT2D eigenvalue weighted by molar-refractivity contribution is 7.89. The van der Waals surface area contributed by atoms with Crippen molar-refractivity contribution in [2.24, 2.45) is 0 Å². The van der Waals surface area contributed by atoms with Gasteiger partial charge in [-0.25, -0.2) is 8.42 Å². The molecule has 2 rings (SSSR count). The van der Waals surface area contributed by atoms with Gasteiger partial charge >= 0.3 is 0 Å². The fraction of sp³-hybridized carbons (Fsp3) is 0.455. The van der Waals surface area contributed by atoms with Gasteiger partial charge in [0, 0.05) is 12.6 Å². The first-order valence-corrected chi connectivity index (χ1v) is 7.56. The summed E-state index contributed by atoms with van der Waals surface area (Å²) in [6, 6.07) is 2.56. The van der Waals surface area contributed by atoms with E-state index in [0.29, 0.717) is 0 Å². The van der Waals surface area contributed by atoms with Crippen molar-refractivity contribution in [2.45, 2.75) is 10.9 Å². The SMILES string of the molecule is Nc1cc(S(=O)(=O)N2CCOCC2CO)ccc1[N+](=O)[O-]. The van der Waals surface area contributed by atoms with Crippen molar-refractivity contribution in [2.75, 3.05) is 32.1 Å². The van der Waals surface area contributed by atoms with E-state index in [-0.39, 0.29) is 42.6 Å². The lowest BCUT2D eigenvalue weighted by atomic mass is 10.3. The van der Waals surface area contributed by atoms with Crippen LogP contribution < -0.4 is 5.73 Å². The summed E-state index contributed by atoms with van der Waals surface area (Å²) < 4.78 is 31.3. The Hall–Kier alpha value is -1.75. The molecule has 10 heteroatoms. The minimum Gasteiger partial charge on any atom is -0.395 e. The van der Waals surface area contributed by atoms with Crippen LogP contribution >= 0.6 is 0 Å². The highest BCUT2D eigenvalue weighted by Gasteiger charge is 2.34. The number of ether oxygens (including phenoxy) is 1. The minimum absolute atomic E-state index is 0.0954. The smallest absolute Gasteiger partial charge is 0.292 e. The first-order chi connectivity index (χ1) is 9.87. The molecule has 0 aliphatic carbocycles. The van der Waals surface area contributed by atoms with E-state index in [2.05, 4.69) is 0 Å². The van der Waals surface area contributed by atoms with E-state index < -0.39 is 21.0 Å². The highest BCUT2D eigenvalue weighted by Crippen LogP contribution is 2.27. The molecule has 0 aromatic heterocycles. The number of anilines is 1. The molecule has 0 spiro atoms. The second kappa shape index (κ2) is 5.93. The topological polar surface area (TPSA) is 136 Å². The van der Waals surface area contributed by atoms with Crippen LogP contribution in [0.25, 0.3) is 0 Å². The van der Waals surface area contributed by atoms with Crippen molar-refractivity contribution < 1.29 is 23.2 Å². The number of benzene rings is 1. The van der Waals surface area contributed by atoms with Crippen molar-refractivity contribution >= 4 is 21.4 Å². The average Bonchev–Trinajstić information content (AvgIpc) is 2.46. The number of aliphatic hydroxyl groups excluding tert-OH is 1. The zero-order valence-corrected chi connectivity index (χ0v) is 11.8.